The van der Waals surface area contributed by atoms with E-state index in [1.165, 1.54) is 251 Å². The van der Waals surface area contributed by atoms with E-state index in [0.29, 0.717) is 54.1 Å². The van der Waals surface area contributed by atoms with Crippen LogP contribution in [0.1, 0.15) is 292 Å². The van der Waals surface area contributed by atoms with E-state index in [9.17, 15) is 19.8 Å². The van der Waals surface area contributed by atoms with Crippen LogP contribution >= 0.6 is 23.2 Å². The van der Waals surface area contributed by atoms with Gasteiger partial charge in [-0.3, -0.25) is 9.59 Å². The van der Waals surface area contributed by atoms with Gasteiger partial charge in [-0.15, -0.1) is 23.2 Å². The number of fused-ring (bicyclic) bond motifs is 9. The number of benzene rings is 12. The Labute approximate surface area is 754 Å². The van der Waals surface area contributed by atoms with Crippen molar-refractivity contribution in [2.45, 2.75) is 270 Å². The van der Waals surface area contributed by atoms with Crippen LogP contribution in [0, 0.1) is 23.7 Å². The number of alkyl halides is 2. The first kappa shape index (κ1) is 91.6. The highest BCUT2D eigenvalue weighted by Crippen LogP contribution is 2.51. The maximum absolute atomic E-state index is 11.3. The molecule has 0 amide bonds. The molecule has 12 aromatic rings. The van der Waals surface area contributed by atoms with E-state index in [0.717, 1.165) is 105 Å². The van der Waals surface area contributed by atoms with Gasteiger partial charge < -0.3 is 29.9 Å². The van der Waals surface area contributed by atoms with Crippen molar-refractivity contribution in [3.8, 4) is 89.8 Å². The van der Waals surface area contributed by atoms with E-state index in [1.54, 1.807) is 12.1 Å². The van der Waals surface area contributed by atoms with Crippen LogP contribution in [0.2, 0.25) is 0 Å². The summed E-state index contributed by atoms with van der Waals surface area (Å²) in [6.45, 7) is 10.7. The van der Waals surface area contributed by atoms with Crippen molar-refractivity contribution < 1.29 is 39.5 Å². The number of aromatic hydroxyl groups is 2. The monoisotopic (exact) mass is 1710 g/mol. The summed E-state index contributed by atoms with van der Waals surface area (Å²) in [5.41, 5.74) is 19.4. The van der Waals surface area contributed by atoms with Gasteiger partial charge in [-0.2, -0.15) is 0 Å². The molecule has 125 heavy (non-hydrogen) atoms. The Hall–Kier alpha value is -9.60. The third-order valence-electron chi connectivity index (χ3n) is 28.6. The number of carboxylic acid groups (broad SMARTS) is 2. The van der Waals surface area contributed by atoms with Crippen LogP contribution in [0.4, 0.5) is 0 Å². The van der Waals surface area contributed by atoms with Crippen molar-refractivity contribution >= 4 is 78.2 Å². The van der Waals surface area contributed by atoms with Gasteiger partial charge in [0.05, 0.1) is 18.6 Å². The van der Waals surface area contributed by atoms with Gasteiger partial charge in [-0.25, -0.2) is 0 Å². The highest BCUT2D eigenvalue weighted by molar-refractivity contribution is 6.40. The fraction of sp³-hybridized carbons (Fsp3) is 0.426. The molecule has 17 rings (SSSR count). The van der Waals surface area contributed by atoms with E-state index in [1.807, 2.05) is 12.1 Å². The molecule has 656 valence electrons. The summed E-state index contributed by atoms with van der Waals surface area (Å²) >= 11 is 9.53. The number of hydrogen-bond donors (Lipinski definition) is 4. The molecular formula is C115H134Cl2O8. The molecule has 0 radical (unpaired) electrons. The van der Waals surface area contributed by atoms with Crippen molar-refractivity contribution in [1.29, 1.82) is 0 Å². The van der Waals surface area contributed by atoms with Crippen molar-refractivity contribution in [3.63, 3.8) is 0 Å². The van der Waals surface area contributed by atoms with E-state index >= 15 is 0 Å². The minimum Gasteiger partial charge on any atom is -0.507 e. The molecule has 10 heteroatoms. The van der Waals surface area contributed by atoms with E-state index in [4.69, 9.17) is 42.9 Å². The first-order chi connectivity index (χ1) is 61.2. The van der Waals surface area contributed by atoms with Gasteiger partial charge in [0.25, 0.3) is 0 Å². The summed E-state index contributed by atoms with van der Waals surface area (Å²) < 4.78 is 13.5. The molecule has 4 fully saturated rings. The summed E-state index contributed by atoms with van der Waals surface area (Å²) in [5, 5.41) is 48.1. The van der Waals surface area contributed by atoms with Crippen molar-refractivity contribution in [1.82, 2.24) is 0 Å². The summed E-state index contributed by atoms with van der Waals surface area (Å²) in [7, 11) is 0. The topological polar surface area (TPSA) is 134 Å². The van der Waals surface area contributed by atoms with E-state index in [-0.39, 0.29) is 29.7 Å². The normalized spacial score (nSPS) is 19.8. The smallest absolute Gasteiger partial charge is 0.303 e. The highest BCUT2D eigenvalue weighted by atomic mass is 35.5. The standard InChI is InChI=1S/C57H66O2.C50H54O2.C7H12O4.CH2Cl2/c1-3-10-40-12-16-42(17-13-40)44-20-24-46(25-21-44)48-28-32-52-50(38-48)30-34-54-56(52)57-53-33-29-49(39-51(53)31-35-55(57)59-37-9-7-5-6-8-36-58-54)47-26-22-45(23-27-47)43-18-14-41(11-4-2)15-19-43;1-3-5-33-7-11-35(12-8-33)37-15-19-39(20-16-37)41-23-27-45-43(31-41)25-29-47(51)49(45)50-46-28-24-42(32-44(46)26-30-48(50)52)40-21-17-38(18-22-40)36-13-9-34(6-4-2)10-14-36;8-6(9)4-2-1-3-5-7(10)11;2-1-3/h20-35,38-43H,3-19,36-37H2,1-2H3;15-36,51-52H,3-14H2,1-2H3;1-5H2,(H,8,9)(H,10,11);1H2. The van der Waals surface area contributed by atoms with Gasteiger partial charge in [0.1, 0.15) is 23.0 Å². The maximum Gasteiger partial charge on any atom is 0.303 e. The predicted molar refractivity (Wildman–Crippen MR) is 526 cm³/mol. The number of carbonyl (C=O) groups is 2. The number of hydrogen-bond acceptors (Lipinski definition) is 6. The second kappa shape index (κ2) is 45.7. The third-order valence-corrected chi connectivity index (χ3v) is 28.6. The molecule has 4 aliphatic carbocycles. The Bertz CT molecular complexity index is 5130. The SMILES string of the molecule is CCCC1CCC(c2ccc(-c3ccc4c(-c5c(O)ccc6cc(-c7ccc(C8CCC(CCC)CC8)cc7)ccc56)c(O)ccc4c3)cc2)CC1.CCCC1CCC(c2ccc(-c3ccc4c5c(ccc4c3)OCCCCCCCOc3ccc4cc(-c6ccc(C7CCC(CCC)CC7)cc6)ccc4c3-5)cc2)CC1.ClCCl.O=C(O)CCCCCC(=O)O. The van der Waals surface area contributed by atoms with E-state index < -0.39 is 11.9 Å². The molecule has 0 saturated heterocycles. The average Bonchev–Trinajstić information content (AvgIpc) is 0.841. The molecule has 1 aliphatic heterocycles. The Balaban J connectivity index is 0.000000177. The number of phenols is 2. The maximum atomic E-state index is 11.3. The lowest BCUT2D eigenvalue weighted by Crippen LogP contribution is -2.13. The number of aliphatic carboxylic acids is 2. The van der Waals surface area contributed by atoms with Crippen LogP contribution in [0.15, 0.2) is 218 Å². The fourth-order valence-corrected chi connectivity index (χ4v) is 21.6. The Morgan fingerprint density at radius 2 is 0.536 bits per heavy atom. The molecule has 4 N–H and O–H groups in total. The summed E-state index contributed by atoms with van der Waals surface area (Å²) in [4.78, 5) is 20.0. The number of halogens is 2. The van der Waals surface area contributed by atoms with Crippen LogP contribution in [0.5, 0.6) is 23.0 Å². The first-order valence-corrected chi connectivity index (χ1v) is 49.1. The molecule has 0 unspecified atom stereocenters. The number of carboxylic acids is 2. The number of ether oxygens (including phenoxy) is 2. The zero-order chi connectivity index (χ0) is 87.0. The first-order valence-electron chi connectivity index (χ1n) is 48.1. The fourth-order valence-electron chi connectivity index (χ4n) is 21.6. The highest BCUT2D eigenvalue weighted by Gasteiger charge is 2.29. The summed E-state index contributed by atoms with van der Waals surface area (Å²) in [6.07, 6.45) is 40.2. The van der Waals surface area contributed by atoms with Gasteiger partial charge in [-0.1, -0.05) is 275 Å². The van der Waals surface area contributed by atoms with Crippen LogP contribution in [0.25, 0.3) is 110 Å². The zero-order valence-electron chi connectivity index (χ0n) is 74.7. The lowest BCUT2D eigenvalue weighted by molar-refractivity contribution is -0.137. The van der Waals surface area contributed by atoms with Crippen molar-refractivity contribution in [3.05, 3.63) is 241 Å². The van der Waals surface area contributed by atoms with Crippen molar-refractivity contribution in [2.75, 3.05) is 18.6 Å². The molecule has 12 aromatic carbocycles. The second-order valence-corrected chi connectivity index (χ2v) is 37.8. The molecule has 8 nitrogen and oxygen atoms in total. The summed E-state index contributed by atoms with van der Waals surface area (Å²) in [6, 6.07) is 81.0. The van der Waals surface area contributed by atoms with Gasteiger partial charge in [0.15, 0.2) is 0 Å². The lowest BCUT2D eigenvalue weighted by Gasteiger charge is -2.28. The van der Waals surface area contributed by atoms with Crippen LogP contribution < -0.4 is 9.47 Å². The van der Waals surface area contributed by atoms with Crippen LogP contribution in [-0.4, -0.2) is 50.9 Å². The Morgan fingerprint density at radius 1 is 0.296 bits per heavy atom. The van der Waals surface area contributed by atoms with Crippen molar-refractivity contribution in [2.24, 2.45) is 23.7 Å². The quantitative estimate of drug-likeness (QED) is 0.0368. The molecule has 0 spiro atoms. The molecule has 5 aliphatic rings. The lowest BCUT2D eigenvalue weighted by atomic mass is 9.77. The minimum atomic E-state index is -0.819. The van der Waals surface area contributed by atoms with Gasteiger partial charge in [-0.05, 0) is 334 Å². The zero-order valence-corrected chi connectivity index (χ0v) is 76.3. The molecule has 4 saturated carbocycles. The molecule has 0 aromatic heterocycles. The molecule has 0 atom stereocenters. The summed E-state index contributed by atoms with van der Waals surface area (Å²) in [5.74, 6) is 7.08. The molecule has 0 bridgehead atoms. The van der Waals surface area contributed by atoms with E-state index in [2.05, 4.69) is 222 Å². The van der Waals surface area contributed by atoms with Crippen LogP contribution in [0.3, 0.4) is 0 Å². The second-order valence-electron chi connectivity index (χ2n) is 37.0. The minimum absolute atomic E-state index is 0.139. The largest absolute Gasteiger partial charge is 0.507 e. The number of unbranched alkanes of at least 4 members (excludes halogenated alkanes) is 2. The average molecular weight is 1720 g/mol. The molecular weight excluding hydrogens is 1580 g/mol. The number of rotatable bonds is 23. The van der Waals surface area contributed by atoms with Gasteiger partial charge >= 0.3 is 11.9 Å². The Kier molecular flexibility index (Phi) is 33.5. The molecule has 1 heterocycles. The Morgan fingerprint density at radius 3 is 0.792 bits per heavy atom. The number of phenolic OH excluding ortho intramolecular Hbond substituents is 2. The van der Waals surface area contributed by atoms with Gasteiger partial charge in [0.2, 0.25) is 0 Å². The predicted octanol–water partition coefficient (Wildman–Crippen LogP) is 33.9. The van der Waals surface area contributed by atoms with Gasteiger partial charge in [0, 0.05) is 35.1 Å². The van der Waals surface area contributed by atoms with Crippen LogP contribution in [-0.2, 0) is 9.59 Å². The third kappa shape index (κ3) is 23.8.